The molecule has 0 bridgehead atoms. The average Bonchev–Trinajstić information content (AvgIpc) is 3.01. The molecule has 33 heavy (non-hydrogen) atoms. The first-order valence-corrected chi connectivity index (χ1v) is 10.7. The molecule has 0 atom stereocenters. The lowest BCUT2D eigenvalue weighted by Gasteiger charge is -2.34. The lowest BCUT2D eigenvalue weighted by Crippen LogP contribution is -2.51. The van der Waals surface area contributed by atoms with E-state index in [1.54, 1.807) is 18.2 Å². The number of aryl methyl sites for hydroxylation is 1. The summed E-state index contributed by atoms with van der Waals surface area (Å²) < 4.78 is 27.1. The number of alkyl halides is 2. The van der Waals surface area contributed by atoms with Crippen LogP contribution in [0.25, 0.3) is 16.0 Å². The van der Waals surface area contributed by atoms with Crippen molar-refractivity contribution in [3.63, 3.8) is 0 Å². The Balaban J connectivity index is 1.52. The topological polar surface area (TPSA) is 70.8 Å². The predicted octanol–water partition coefficient (Wildman–Crippen LogP) is 4.76. The molecule has 2 fully saturated rings. The number of Topliss-reactive ketones (excluding diaryl/α,β-unsaturated/α-hetero) is 1. The number of rotatable bonds is 5. The minimum atomic E-state index is -2.84. The highest BCUT2D eigenvalue weighted by molar-refractivity contribution is 6.11. The van der Waals surface area contributed by atoms with Gasteiger partial charge < -0.3 is 10.2 Å². The number of amides is 3. The number of hydrogen-bond donors (Lipinski definition) is 1. The molecule has 2 aromatic rings. The quantitative estimate of drug-likeness (QED) is 0.405. The van der Waals surface area contributed by atoms with Crippen molar-refractivity contribution >= 4 is 17.7 Å². The second kappa shape index (κ2) is 8.39. The van der Waals surface area contributed by atoms with Crippen LogP contribution in [0, 0.1) is 13.5 Å². The zero-order valence-corrected chi connectivity index (χ0v) is 18.2. The number of benzene rings is 2. The maximum Gasteiger partial charge on any atom is 0.325 e. The Morgan fingerprint density at radius 1 is 1.09 bits per heavy atom. The van der Waals surface area contributed by atoms with Gasteiger partial charge in [-0.05, 0) is 42.5 Å². The normalized spacial score (nSPS) is 18.8. The molecular weight excluding hydrogens is 428 g/mol. The summed E-state index contributed by atoms with van der Waals surface area (Å²) in [5.41, 5.74) is 2.51. The summed E-state index contributed by atoms with van der Waals surface area (Å²) in [6.45, 7) is 8.80. The van der Waals surface area contributed by atoms with Gasteiger partial charge in [0, 0.05) is 24.0 Å². The zero-order valence-electron chi connectivity index (χ0n) is 18.2. The Morgan fingerprint density at radius 2 is 1.79 bits per heavy atom. The molecule has 6 nitrogen and oxygen atoms in total. The van der Waals surface area contributed by atoms with E-state index in [0.29, 0.717) is 5.56 Å². The van der Waals surface area contributed by atoms with E-state index in [1.807, 2.05) is 31.2 Å². The molecule has 8 heteroatoms. The van der Waals surface area contributed by atoms with Crippen LogP contribution in [0.1, 0.15) is 47.2 Å². The predicted molar refractivity (Wildman–Crippen MR) is 118 cm³/mol. The third-order valence-corrected chi connectivity index (χ3v) is 6.49. The lowest BCUT2D eigenvalue weighted by molar-refractivity contribution is -0.135. The molecule has 1 heterocycles. The Labute approximate surface area is 190 Å². The highest BCUT2D eigenvalue weighted by Crippen LogP contribution is 2.41. The summed E-state index contributed by atoms with van der Waals surface area (Å²) in [6.07, 6.45) is -1.24. The van der Waals surface area contributed by atoms with Crippen molar-refractivity contribution < 1.29 is 23.2 Å². The Bertz CT molecular complexity index is 1180. The van der Waals surface area contributed by atoms with E-state index in [4.69, 9.17) is 6.57 Å². The van der Waals surface area contributed by atoms with Crippen LogP contribution in [0.5, 0.6) is 0 Å². The van der Waals surface area contributed by atoms with Gasteiger partial charge in [-0.25, -0.2) is 20.1 Å². The summed E-state index contributed by atoms with van der Waals surface area (Å²) in [4.78, 5) is 42.5. The van der Waals surface area contributed by atoms with E-state index in [9.17, 15) is 23.2 Å². The molecule has 0 radical (unpaired) electrons. The molecule has 1 aliphatic carbocycles. The van der Waals surface area contributed by atoms with Crippen LogP contribution < -0.4 is 5.32 Å². The molecule has 0 unspecified atom stereocenters. The number of nitrogens with zero attached hydrogens (tertiary/aromatic N) is 2. The summed E-state index contributed by atoms with van der Waals surface area (Å²) in [7, 11) is 0. The van der Waals surface area contributed by atoms with Crippen LogP contribution in [0.2, 0.25) is 0 Å². The van der Waals surface area contributed by atoms with Crippen molar-refractivity contribution in [2.45, 2.75) is 50.6 Å². The first-order valence-electron chi connectivity index (χ1n) is 10.7. The van der Waals surface area contributed by atoms with Gasteiger partial charge in [-0.1, -0.05) is 36.4 Å². The van der Waals surface area contributed by atoms with E-state index in [-0.39, 0.29) is 19.4 Å². The molecular formula is C25H23F2N3O3. The van der Waals surface area contributed by atoms with Crippen LogP contribution in [0.3, 0.4) is 0 Å². The molecule has 2 aromatic carbocycles. The molecule has 170 valence electrons. The summed E-state index contributed by atoms with van der Waals surface area (Å²) in [5, 5.41) is 2.55. The molecule has 1 spiro atoms. The second-order valence-corrected chi connectivity index (χ2v) is 8.69. The largest absolute Gasteiger partial charge is 0.325 e. The lowest BCUT2D eigenvalue weighted by atomic mass is 9.80. The third kappa shape index (κ3) is 4.23. The van der Waals surface area contributed by atoms with Gasteiger partial charge in [0.1, 0.15) is 5.54 Å². The van der Waals surface area contributed by atoms with Gasteiger partial charge in [-0.15, -0.1) is 0 Å². The number of imide groups is 1. The number of hydrogen-bond acceptors (Lipinski definition) is 3. The van der Waals surface area contributed by atoms with E-state index < -0.39 is 48.6 Å². The van der Waals surface area contributed by atoms with Crippen LogP contribution in [0.4, 0.5) is 13.6 Å². The number of carbonyl (C=O) groups excluding carboxylic acids is 3. The average molecular weight is 451 g/mol. The van der Waals surface area contributed by atoms with Crippen molar-refractivity contribution in [3.05, 3.63) is 70.6 Å². The van der Waals surface area contributed by atoms with Crippen molar-refractivity contribution in [2.24, 2.45) is 0 Å². The molecule has 1 aliphatic heterocycles. The minimum Gasteiger partial charge on any atom is -0.323 e. The summed E-state index contributed by atoms with van der Waals surface area (Å²) in [6, 6.07) is 12.0. The van der Waals surface area contributed by atoms with Crippen molar-refractivity contribution in [1.82, 2.24) is 10.2 Å². The van der Waals surface area contributed by atoms with Gasteiger partial charge in [0.2, 0.25) is 12.5 Å². The number of nitrogens with one attached hydrogen (secondary N) is 1. The van der Waals surface area contributed by atoms with Crippen molar-refractivity contribution in [3.8, 4) is 11.1 Å². The molecule has 2 aliphatic rings. The van der Waals surface area contributed by atoms with Crippen LogP contribution >= 0.6 is 0 Å². The fourth-order valence-electron chi connectivity index (χ4n) is 4.58. The number of halogens is 2. The van der Waals surface area contributed by atoms with Gasteiger partial charge in [-0.2, -0.15) is 0 Å². The number of urea groups is 1. The SMILES string of the molecule is [C-]#[N+]Cc1ccccc1-c1ccc(C(=O)CN2C(=O)NC3(CCC(F)(F)CC3)C2=O)cc1C. The van der Waals surface area contributed by atoms with E-state index in [0.717, 1.165) is 27.2 Å². The molecule has 1 saturated heterocycles. The highest BCUT2D eigenvalue weighted by Gasteiger charge is 2.55. The zero-order chi connectivity index (χ0) is 23.8. The van der Waals surface area contributed by atoms with Crippen molar-refractivity contribution in [1.29, 1.82) is 0 Å². The fraction of sp³-hybridized carbons (Fsp3) is 0.360. The van der Waals surface area contributed by atoms with Crippen LogP contribution in [-0.4, -0.2) is 40.6 Å². The monoisotopic (exact) mass is 451 g/mol. The summed E-state index contributed by atoms with van der Waals surface area (Å²) >= 11 is 0. The Morgan fingerprint density at radius 3 is 2.45 bits per heavy atom. The van der Waals surface area contributed by atoms with Crippen LogP contribution in [0.15, 0.2) is 42.5 Å². The van der Waals surface area contributed by atoms with Gasteiger partial charge in [0.05, 0.1) is 6.54 Å². The third-order valence-electron chi connectivity index (χ3n) is 6.49. The Hall–Kier alpha value is -3.60. The fourth-order valence-corrected chi connectivity index (χ4v) is 4.58. The molecule has 4 rings (SSSR count). The second-order valence-electron chi connectivity index (χ2n) is 8.69. The molecule has 0 aromatic heterocycles. The smallest absolute Gasteiger partial charge is 0.323 e. The van der Waals surface area contributed by atoms with Crippen molar-refractivity contribution in [2.75, 3.05) is 6.54 Å². The molecule has 1 saturated carbocycles. The van der Waals surface area contributed by atoms with Crippen LogP contribution in [-0.2, 0) is 11.3 Å². The van der Waals surface area contributed by atoms with E-state index in [2.05, 4.69) is 10.2 Å². The molecule has 1 N–H and O–H groups in total. The maximum absolute atomic E-state index is 13.5. The standard InChI is InChI=1S/C25H23F2N3O3/c1-16-13-17(7-8-19(16)20-6-4-3-5-18(20)14-28-2)21(31)15-30-22(32)24(29-23(30)33)9-11-25(26,27)12-10-24/h3-8,13H,9-12,14-15H2,1H3,(H,29,33). The highest BCUT2D eigenvalue weighted by atomic mass is 19.3. The van der Waals surface area contributed by atoms with Gasteiger partial charge >= 0.3 is 6.03 Å². The first kappa shape index (κ1) is 22.6. The van der Waals surface area contributed by atoms with Gasteiger partial charge in [-0.3, -0.25) is 14.5 Å². The summed E-state index contributed by atoms with van der Waals surface area (Å²) in [5.74, 6) is -3.87. The molecule has 3 amide bonds. The minimum absolute atomic E-state index is 0.146. The number of carbonyl (C=O) groups is 3. The first-order chi connectivity index (χ1) is 15.7. The van der Waals surface area contributed by atoms with E-state index >= 15 is 0 Å². The van der Waals surface area contributed by atoms with E-state index in [1.165, 1.54) is 0 Å². The maximum atomic E-state index is 13.5. The van der Waals surface area contributed by atoms with Gasteiger partial charge in [0.15, 0.2) is 5.78 Å². The number of ketones is 1. The van der Waals surface area contributed by atoms with Gasteiger partial charge in [0.25, 0.3) is 5.91 Å². The Kier molecular flexibility index (Phi) is 5.75.